The van der Waals surface area contributed by atoms with Crippen molar-refractivity contribution < 1.29 is 9.66 Å². The van der Waals surface area contributed by atoms with Gasteiger partial charge in [-0.05, 0) is 53.3 Å². The topological polar surface area (TPSA) is 64.4 Å². The van der Waals surface area contributed by atoms with E-state index in [1.54, 1.807) is 6.07 Å². The fourth-order valence-electron chi connectivity index (χ4n) is 2.21. The second-order valence-electron chi connectivity index (χ2n) is 4.71. The molecule has 1 N–H and O–H groups in total. The molecule has 1 atom stereocenters. The molecule has 1 unspecified atom stereocenters. The number of hydrogen-bond donors (Lipinski definition) is 1. The van der Waals surface area contributed by atoms with Crippen LogP contribution in [0.25, 0.3) is 0 Å². The van der Waals surface area contributed by atoms with E-state index in [-0.39, 0.29) is 5.69 Å². The quantitative estimate of drug-likeness (QED) is 0.495. The number of nitro groups is 1. The van der Waals surface area contributed by atoms with Crippen LogP contribution in [0.1, 0.15) is 18.4 Å². The summed E-state index contributed by atoms with van der Waals surface area (Å²) in [6.07, 6.45) is 2.25. The Morgan fingerprint density at radius 1 is 1.53 bits per heavy atom. The fourth-order valence-corrected chi connectivity index (χ4v) is 2.74. The minimum atomic E-state index is -0.391. The molecular formula is C13H17BrN2O3. The molecule has 1 aromatic carbocycles. The van der Waals surface area contributed by atoms with Gasteiger partial charge in [-0.15, -0.1) is 0 Å². The van der Waals surface area contributed by atoms with Gasteiger partial charge in [-0.25, -0.2) is 0 Å². The molecule has 0 aliphatic carbocycles. The van der Waals surface area contributed by atoms with Gasteiger partial charge in [0.1, 0.15) is 4.47 Å². The van der Waals surface area contributed by atoms with Gasteiger partial charge < -0.3 is 10.1 Å². The van der Waals surface area contributed by atoms with Crippen LogP contribution in [0, 0.1) is 16.0 Å². The molecule has 5 nitrogen and oxygen atoms in total. The lowest BCUT2D eigenvalue weighted by Crippen LogP contribution is -2.10. The molecule has 104 valence electrons. The Labute approximate surface area is 120 Å². The predicted octanol–water partition coefficient (Wildman–Crippen LogP) is 2.87. The van der Waals surface area contributed by atoms with Crippen LogP contribution in [0.4, 0.5) is 5.69 Å². The van der Waals surface area contributed by atoms with Gasteiger partial charge in [0.25, 0.3) is 5.69 Å². The molecule has 0 spiro atoms. The van der Waals surface area contributed by atoms with Crippen LogP contribution < -0.4 is 5.32 Å². The first-order valence-electron chi connectivity index (χ1n) is 6.38. The molecule has 0 saturated carbocycles. The van der Waals surface area contributed by atoms with E-state index in [1.807, 2.05) is 6.07 Å². The molecule has 1 aromatic rings. The zero-order chi connectivity index (χ0) is 13.7. The number of hydrogen-bond acceptors (Lipinski definition) is 4. The molecule has 0 bridgehead atoms. The van der Waals surface area contributed by atoms with Crippen LogP contribution >= 0.6 is 15.9 Å². The molecule has 1 heterocycles. The predicted molar refractivity (Wildman–Crippen MR) is 76.0 cm³/mol. The Bertz CT molecular complexity index is 448. The van der Waals surface area contributed by atoms with Gasteiger partial charge in [-0.2, -0.15) is 0 Å². The van der Waals surface area contributed by atoms with Gasteiger partial charge in [0.15, 0.2) is 0 Å². The molecule has 2 rings (SSSR count). The lowest BCUT2D eigenvalue weighted by molar-refractivity contribution is -0.385. The molecule has 6 heteroatoms. The van der Waals surface area contributed by atoms with Crippen LogP contribution in [0.5, 0.6) is 0 Å². The van der Waals surface area contributed by atoms with Crippen LogP contribution in [0.3, 0.4) is 0 Å². The summed E-state index contributed by atoms with van der Waals surface area (Å²) in [4.78, 5) is 10.4. The van der Waals surface area contributed by atoms with Crippen molar-refractivity contribution in [3.8, 4) is 0 Å². The maximum atomic E-state index is 10.8. The van der Waals surface area contributed by atoms with Crippen molar-refractivity contribution in [2.24, 2.45) is 5.92 Å². The highest BCUT2D eigenvalue weighted by Crippen LogP contribution is 2.28. The van der Waals surface area contributed by atoms with Crippen molar-refractivity contribution in [1.29, 1.82) is 0 Å². The zero-order valence-corrected chi connectivity index (χ0v) is 12.2. The second kappa shape index (κ2) is 6.98. The zero-order valence-electron chi connectivity index (χ0n) is 10.6. The summed E-state index contributed by atoms with van der Waals surface area (Å²) in [5.74, 6) is 0.702. The number of nitrogens with one attached hydrogen (secondary N) is 1. The van der Waals surface area contributed by atoms with Crippen molar-refractivity contribution in [1.82, 2.24) is 5.32 Å². The Balaban J connectivity index is 1.82. The molecule has 1 saturated heterocycles. The fraction of sp³-hybridized carbons (Fsp3) is 0.538. The van der Waals surface area contributed by atoms with Crippen LogP contribution in [-0.2, 0) is 11.3 Å². The number of nitrogens with zero attached hydrogens (tertiary/aromatic N) is 1. The van der Waals surface area contributed by atoms with Gasteiger partial charge in [0.05, 0.1) is 11.5 Å². The minimum absolute atomic E-state index is 0.0843. The summed E-state index contributed by atoms with van der Waals surface area (Å²) in [7, 11) is 0. The SMILES string of the molecule is O=[N+]([O-])c1cccc(COCCC2CCNC2)c1Br. The van der Waals surface area contributed by atoms with E-state index in [0.29, 0.717) is 23.6 Å². The summed E-state index contributed by atoms with van der Waals surface area (Å²) in [6, 6.07) is 5.01. The Morgan fingerprint density at radius 2 is 2.37 bits per heavy atom. The number of benzene rings is 1. The van der Waals surface area contributed by atoms with Gasteiger partial charge in [-0.3, -0.25) is 10.1 Å². The van der Waals surface area contributed by atoms with Crippen molar-refractivity contribution in [3.05, 3.63) is 38.3 Å². The van der Waals surface area contributed by atoms with E-state index in [4.69, 9.17) is 4.74 Å². The third-order valence-corrected chi connectivity index (χ3v) is 4.26. The first kappa shape index (κ1) is 14.4. The van der Waals surface area contributed by atoms with Crippen LogP contribution in [0.2, 0.25) is 0 Å². The largest absolute Gasteiger partial charge is 0.377 e. The first-order valence-corrected chi connectivity index (χ1v) is 7.18. The third-order valence-electron chi connectivity index (χ3n) is 3.35. The Morgan fingerprint density at radius 3 is 3.05 bits per heavy atom. The van der Waals surface area contributed by atoms with Gasteiger partial charge >= 0.3 is 0 Å². The summed E-state index contributed by atoms with van der Waals surface area (Å²) in [5, 5.41) is 14.1. The number of rotatable bonds is 6. The average Bonchev–Trinajstić information content (AvgIpc) is 2.89. The molecule has 1 aliphatic rings. The molecule has 0 aromatic heterocycles. The van der Waals surface area contributed by atoms with E-state index >= 15 is 0 Å². The van der Waals surface area contributed by atoms with E-state index in [1.165, 1.54) is 12.5 Å². The normalized spacial score (nSPS) is 18.7. The summed E-state index contributed by atoms with van der Waals surface area (Å²) in [6.45, 7) is 3.27. The van der Waals surface area contributed by atoms with Crippen molar-refractivity contribution in [2.75, 3.05) is 19.7 Å². The highest BCUT2D eigenvalue weighted by Gasteiger charge is 2.16. The van der Waals surface area contributed by atoms with E-state index in [2.05, 4.69) is 21.2 Å². The van der Waals surface area contributed by atoms with Gasteiger partial charge in [0, 0.05) is 12.7 Å². The number of nitro benzene ring substituents is 1. The molecule has 0 radical (unpaired) electrons. The Hall–Kier alpha value is -0.980. The van der Waals surface area contributed by atoms with Gasteiger partial charge in [0.2, 0.25) is 0 Å². The summed E-state index contributed by atoms with van der Waals surface area (Å²) >= 11 is 3.27. The van der Waals surface area contributed by atoms with E-state index in [9.17, 15) is 10.1 Å². The Kier molecular flexibility index (Phi) is 5.30. The van der Waals surface area contributed by atoms with Crippen molar-refractivity contribution in [3.63, 3.8) is 0 Å². The highest BCUT2D eigenvalue weighted by atomic mass is 79.9. The lowest BCUT2D eigenvalue weighted by atomic mass is 10.1. The van der Waals surface area contributed by atoms with Crippen LogP contribution in [0.15, 0.2) is 22.7 Å². The highest BCUT2D eigenvalue weighted by molar-refractivity contribution is 9.10. The number of ether oxygens (including phenoxy) is 1. The summed E-state index contributed by atoms with van der Waals surface area (Å²) in [5.41, 5.74) is 0.903. The monoisotopic (exact) mass is 328 g/mol. The van der Waals surface area contributed by atoms with Crippen molar-refractivity contribution in [2.45, 2.75) is 19.4 Å². The molecule has 0 amide bonds. The molecular weight excluding hydrogens is 312 g/mol. The van der Waals surface area contributed by atoms with Gasteiger partial charge in [-0.1, -0.05) is 12.1 Å². The van der Waals surface area contributed by atoms with Crippen LogP contribution in [-0.4, -0.2) is 24.6 Å². The third kappa shape index (κ3) is 3.99. The maximum absolute atomic E-state index is 10.8. The van der Waals surface area contributed by atoms with E-state index in [0.717, 1.165) is 25.1 Å². The average molecular weight is 329 g/mol. The molecule has 19 heavy (non-hydrogen) atoms. The molecule has 1 aliphatic heterocycles. The van der Waals surface area contributed by atoms with Crippen molar-refractivity contribution >= 4 is 21.6 Å². The summed E-state index contributed by atoms with van der Waals surface area (Å²) < 4.78 is 6.13. The lowest BCUT2D eigenvalue weighted by Gasteiger charge is -2.09. The first-order chi connectivity index (χ1) is 9.18. The number of halogens is 1. The smallest absolute Gasteiger partial charge is 0.283 e. The maximum Gasteiger partial charge on any atom is 0.283 e. The second-order valence-corrected chi connectivity index (χ2v) is 5.50. The van der Waals surface area contributed by atoms with E-state index < -0.39 is 4.92 Å². The minimum Gasteiger partial charge on any atom is -0.377 e. The standard InChI is InChI=1S/C13H17BrN2O3/c14-13-11(2-1-3-12(13)16(17)18)9-19-7-5-10-4-6-15-8-10/h1-3,10,15H,4-9H2. The molecule has 1 fully saturated rings.